The number of amides is 4. The Morgan fingerprint density at radius 3 is 2.36 bits per heavy atom. The zero-order chi connectivity index (χ0) is 28.1. The van der Waals surface area contributed by atoms with Gasteiger partial charge in [0, 0.05) is 10.6 Å². The topological polar surface area (TPSA) is 111 Å². The number of hydrogen-bond acceptors (Lipinski definition) is 7. The van der Waals surface area contributed by atoms with Crippen molar-refractivity contribution in [1.29, 1.82) is 0 Å². The molecule has 1 saturated heterocycles. The van der Waals surface area contributed by atoms with Gasteiger partial charge in [-0.25, -0.2) is 14.5 Å². The molecule has 0 saturated carbocycles. The number of halogens is 2. The second kappa shape index (κ2) is 12.0. The number of nitrogens with zero attached hydrogens (tertiary/aromatic N) is 1. The fourth-order valence-corrected chi connectivity index (χ4v) is 4.23. The van der Waals surface area contributed by atoms with Crippen LogP contribution in [0.3, 0.4) is 0 Å². The molecule has 3 aromatic rings. The van der Waals surface area contributed by atoms with Gasteiger partial charge in [-0.15, -0.1) is 0 Å². The highest BCUT2D eigenvalue weighted by Gasteiger charge is 2.37. The van der Waals surface area contributed by atoms with Crippen molar-refractivity contribution in [3.8, 4) is 11.5 Å². The number of benzene rings is 3. The third-order valence-electron chi connectivity index (χ3n) is 5.62. The fourth-order valence-electron chi connectivity index (χ4n) is 3.76. The fraction of sp³-hybridized carbons (Fsp3) is 0.143. The van der Waals surface area contributed by atoms with Crippen LogP contribution in [0.1, 0.15) is 28.4 Å². The van der Waals surface area contributed by atoms with Crippen LogP contribution in [0.15, 0.2) is 66.2 Å². The number of urea groups is 1. The van der Waals surface area contributed by atoms with E-state index in [1.807, 2.05) is 18.2 Å². The van der Waals surface area contributed by atoms with E-state index in [-0.39, 0.29) is 34.2 Å². The number of carbonyl (C=O) groups excluding carboxylic acids is 4. The summed E-state index contributed by atoms with van der Waals surface area (Å²) in [5.41, 5.74) is 1.18. The van der Waals surface area contributed by atoms with Crippen molar-refractivity contribution < 1.29 is 33.4 Å². The Kier molecular flexibility index (Phi) is 8.53. The van der Waals surface area contributed by atoms with E-state index in [9.17, 15) is 19.2 Å². The van der Waals surface area contributed by atoms with Crippen LogP contribution in [0.5, 0.6) is 11.5 Å². The van der Waals surface area contributed by atoms with Gasteiger partial charge in [-0.3, -0.25) is 14.9 Å². The predicted molar refractivity (Wildman–Crippen MR) is 145 cm³/mol. The number of carbonyl (C=O) groups is 4. The molecule has 3 aromatic carbocycles. The molecule has 0 aliphatic carbocycles. The molecule has 0 spiro atoms. The molecule has 1 N–H and O–H groups in total. The van der Waals surface area contributed by atoms with E-state index in [1.54, 1.807) is 19.1 Å². The van der Waals surface area contributed by atoms with E-state index in [0.717, 1.165) is 10.5 Å². The molecule has 1 aliphatic heterocycles. The Hall–Kier alpha value is -4.34. The molecule has 1 aliphatic rings. The quantitative estimate of drug-likeness (QED) is 0.219. The maximum absolute atomic E-state index is 13.3. The number of methoxy groups -OCH3 is 1. The van der Waals surface area contributed by atoms with E-state index in [4.69, 9.17) is 32.7 Å². The van der Waals surface area contributed by atoms with E-state index in [0.29, 0.717) is 22.9 Å². The third-order valence-corrected chi connectivity index (χ3v) is 6.27. The lowest BCUT2D eigenvalue weighted by molar-refractivity contribution is -0.122. The highest BCUT2D eigenvalue weighted by Crippen LogP contribution is 2.38. The van der Waals surface area contributed by atoms with Crippen molar-refractivity contribution in [3.63, 3.8) is 0 Å². The lowest BCUT2D eigenvalue weighted by Gasteiger charge is -2.26. The minimum absolute atomic E-state index is 0.132. The van der Waals surface area contributed by atoms with Gasteiger partial charge in [0.25, 0.3) is 11.8 Å². The Labute approximate surface area is 233 Å². The summed E-state index contributed by atoms with van der Waals surface area (Å²) >= 11 is 12.7. The van der Waals surface area contributed by atoms with Crippen molar-refractivity contribution in [1.82, 2.24) is 5.32 Å². The van der Waals surface area contributed by atoms with Gasteiger partial charge in [0.05, 0.1) is 30.0 Å². The molecule has 4 amide bonds. The zero-order valence-electron chi connectivity index (χ0n) is 20.8. The number of hydrogen-bond donors (Lipinski definition) is 1. The van der Waals surface area contributed by atoms with Crippen LogP contribution < -0.4 is 19.7 Å². The molecule has 39 heavy (non-hydrogen) atoms. The van der Waals surface area contributed by atoms with Crippen molar-refractivity contribution in [2.75, 3.05) is 18.6 Å². The summed E-state index contributed by atoms with van der Waals surface area (Å²) in [5.74, 6) is -1.75. The summed E-state index contributed by atoms with van der Waals surface area (Å²) in [7, 11) is 1.24. The second-order valence-electron chi connectivity index (χ2n) is 8.14. The molecule has 200 valence electrons. The van der Waals surface area contributed by atoms with Crippen LogP contribution in [0.2, 0.25) is 10.0 Å². The molecule has 0 radical (unpaired) electrons. The normalized spacial score (nSPS) is 14.3. The van der Waals surface area contributed by atoms with Crippen LogP contribution >= 0.6 is 23.2 Å². The summed E-state index contributed by atoms with van der Waals surface area (Å²) in [6, 6.07) is 14.9. The average Bonchev–Trinajstić information content (AvgIpc) is 2.91. The first-order valence-electron chi connectivity index (χ1n) is 11.7. The van der Waals surface area contributed by atoms with Gasteiger partial charge < -0.3 is 14.2 Å². The van der Waals surface area contributed by atoms with Crippen molar-refractivity contribution in [2.45, 2.75) is 13.5 Å². The van der Waals surface area contributed by atoms with Crippen molar-refractivity contribution in [2.24, 2.45) is 0 Å². The van der Waals surface area contributed by atoms with Gasteiger partial charge in [0.15, 0.2) is 11.5 Å². The minimum atomic E-state index is -0.927. The number of nitrogens with one attached hydrogen (secondary N) is 1. The Balaban J connectivity index is 1.65. The number of rotatable bonds is 8. The smallest absolute Gasteiger partial charge is 0.337 e. The van der Waals surface area contributed by atoms with E-state index in [2.05, 4.69) is 10.1 Å². The Morgan fingerprint density at radius 2 is 1.69 bits per heavy atom. The number of imide groups is 2. The maximum Gasteiger partial charge on any atom is 0.337 e. The molecular formula is C28H22Cl2N2O7. The number of anilines is 1. The van der Waals surface area contributed by atoms with Gasteiger partial charge in [-0.1, -0.05) is 41.4 Å². The van der Waals surface area contributed by atoms with Gasteiger partial charge >= 0.3 is 12.0 Å². The molecule has 0 bridgehead atoms. The largest absolute Gasteiger partial charge is 0.490 e. The highest BCUT2D eigenvalue weighted by molar-refractivity contribution is 6.39. The van der Waals surface area contributed by atoms with Crippen LogP contribution in [-0.4, -0.2) is 37.5 Å². The number of ether oxygens (including phenoxy) is 3. The number of esters is 1. The molecule has 1 fully saturated rings. The summed E-state index contributed by atoms with van der Waals surface area (Å²) < 4.78 is 16.3. The molecule has 0 atom stereocenters. The monoisotopic (exact) mass is 568 g/mol. The third kappa shape index (κ3) is 6.05. The molecule has 0 unspecified atom stereocenters. The molecule has 4 rings (SSSR count). The van der Waals surface area contributed by atoms with Gasteiger partial charge in [-0.05, 0) is 61.0 Å². The molecule has 1 heterocycles. The maximum atomic E-state index is 13.3. The molecule has 9 nitrogen and oxygen atoms in total. The SMILES string of the molecule is CCOc1cc(/C=C2\C(=O)NC(=O)N(c3ccc(C(=O)OC)cc3)C2=O)cc(Cl)c1OCc1ccccc1Cl. The first kappa shape index (κ1) is 27.7. The van der Waals surface area contributed by atoms with Gasteiger partial charge in [0.2, 0.25) is 0 Å². The Morgan fingerprint density at radius 1 is 0.974 bits per heavy atom. The van der Waals surface area contributed by atoms with Crippen LogP contribution in [-0.2, 0) is 20.9 Å². The van der Waals surface area contributed by atoms with Gasteiger partial charge in [0.1, 0.15) is 12.2 Å². The van der Waals surface area contributed by atoms with Crippen molar-refractivity contribution >= 4 is 58.8 Å². The summed E-state index contributed by atoms with van der Waals surface area (Å²) in [4.78, 5) is 50.9. The Bertz CT molecular complexity index is 1490. The van der Waals surface area contributed by atoms with E-state index < -0.39 is 23.8 Å². The lowest BCUT2D eigenvalue weighted by atomic mass is 10.1. The summed E-state index contributed by atoms with van der Waals surface area (Å²) in [6.45, 7) is 2.21. The molecular weight excluding hydrogens is 547 g/mol. The van der Waals surface area contributed by atoms with Crippen LogP contribution in [0.25, 0.3) is 6.08 Å². The lowest BCUT2D eigenvalue weighted by Crippen LogP contribution is -2.54. The van der Waals surface area contributed by atoms with Gasteiger partial charge in [-0.2, -0.15) is 0 Å². The first-order valence-corrected chi connectivity index (χ1v) is 12.4. The first-order chi connectivity index (χ1) is 18.7. The summed E-state index contributed by atoms with van der Waals surface area (Å²) in [5, 5.41) is 2.86. The predicted octanol–water partition coefficient (Wildman–Crippen LogP) is 5.42. The molecule has 11 heteroatoms. The van der Waals surface area contributed by atoms with E-state index >= 15 is 0 Å². The highest BCUT2D eigenvalue weighted by atomic mass is 35.5. The van der Waals surface area contributed by atoms with E-state index in [1.165, 1.54) is 43.5 Å². The minimum Gasteiger partial charge on any atom is -0.490 e. The number of barbiturate groups is 1. The average molecular weight is 569 g/mol. The second-order valence-corrected chi connectivity index (χ2v) is 8.95. The summed E-state index contributed by atoms with van der Waals surface area (Å²) in [6.07, 6.45) is 1.30. The van der Waals surface area contributed by atoms with Crippen LogP contribution in [0, 0.1) is 0 Å². The van der Waals surface area contributed by atoms with Crippen molar-refractivity contribution in [3.05, 3.63) is 93.0 Å². The molecule has 0 aromatic heterocycles. The van der Waals surface area contributed by atoms with Crippen LogP contribution in [0.4, 0.5) is 10.5 Å². The zero-order valence-corrected chi connectivity index (χ0v) is 22.3. The standard InChI is InChI=1S/C28H22Cl2N2O7/c1-3-38-23-14-16(13-22(30)24(23)39-15-18-6-4-5-7-21(18)29)12-20-25(33)31-28(36)32(26(20)34)19-10-8-17(9-11-19)27(35)37-2/h4-14H,3,15H2,1-2H3,(H,31,33,36)/b20-12+.